The number of hydrogen-bond donors (Lipinski definition) is 1. The third-order valence-electron chi connectivity index (χ3n) is 3.49. The van der Waals surface area contributed by atoms with Gasteiger partial charge in [0.1, 0.15) is 0 Å². The number of fused-ring (bicyclic) bond motifs is 1. The van der Waals surface area contributed by atoms with Gasteiger partial charge in [0.25, 0.3) is 0 Å². The smallest absolute Gasteiger partial charge is 0.157 e. The summed E-state index contributed by atoms with van der Waals surface area (Å²) in [5.74, 6) is 0. The van der Waals surface area contributed by atoms with Crippen LogP contribution in [0.2, 0.25) is 5.02 Å². The first-order valence-electron chi connectivity index (χ1n) is 6.87. The Hall–Kier alpha value is -1.91. The molecule has 0 fully saturated rings. The van der Waals surface area contributed by atoms with E-state index in [9.17, 15) is 0 Å². The Balaban J connectivity index is 1.68. The molecule has 2 aromatic heterocycles. The van der Waals surface area contributed by atoms with Crippen molar-refractivity contribution >= 4 is 22.6 Å². The Bertz CT molecular complexity index is 762. The van der Waals surface area contributed by atoms with Crippen LogP contribution in [0.4, 0.5) is 0 Å². The van der Waals surface area contributed by atoms with Gasteiger partial charge in [-0.1, -0.05) is 23.7 Å². The van der Waals surface area contributed by atoms with E-state index in [0.29, 0.717) is 0 Å². The predicted octanol–water partition coefficient (Wildman–Crippen LogP) is 3.22. The van der Waals surface area contributed by atoms with E-state index in [0.717, 1.165) is 40.4 Å². The quantitative estimate of drug-likeness (QED) is 0.804. The van der Waals surface area contributed by atoms with Crippen LogP contribution in [0.25, 0.3) is 11.0 Å². The van der Waals surface area contributed by atoms with Gasteiger partial charge in [-0.25, -0.2) is 4.98 Å². The molecule has 3 rings (SSSR count). The molecule has 0 aliphatic carbocycles. The molecule has 4 nitrogen and oxygen atoms in total. The maximum Gasteiger partial charge on any atom is 0.157 e. The van der Waals surface area contributed by atoms with Crippen LogP contribution in [-0.2, 0) is 20.1 Å². The highest BCUT2D eigenvalue weighted by atomic mass is 35.5. The summed E-state index contributed by atoms with van der Waals surface area (Å²) in [6, 6.07) is 10.0. The summed E-state index contributed by atoms with van der Waals surface area (Å²) in [6.07, 6.45) is 1.90. The van der Waals surface area contributed by atoms with E-state index < -0.39 is 0 Å². The van der Waals surface area contributed by atoms with E-state index >= 15 is 0 Å². The molecular weight excluding hydrogens is 284 g/mol. The van der Waals surface area contributed by atoms with E-state index in [1.807, 2.05) is 49.1 Å². The molecule has 21 heavy (non-hydrogen) atoms. The fourth-order valence-corrected chi connectivity index (χ4v) is 2.53. The maximum atomic E-state index is 5.88. The fourth-order valence-electron chi connectivity index (χ4n) is 2.40. The van der Waals surface area contributed by atoms with Crippen molar-refractivity contribution in [1.82, 2.24) is 20.1 Å². The van der Waals surface area contributed by atoms with Crippen molar-refractivity contribution in [3.8, 4) is 0 Å². The molecule has 108 valence electrons. The molecule has 0 unspecified atom stereocenters. The molecular formula is C16H17ClN4. The van der Waals surface area contributed by atoms with Crippen LogP contribution in [0.3, 0.4) is 0 Å². The van der Waals surface area contributed by atoms with Crippen LogP contribution >= 0.6 is 11.6 Å². The van der Waals surface area contributed by atoms with Crippen molar-refractivity contribution in [3.05, 3.63) is 58.4 Å². The van der Waals surface area contributed by atoms with Gasteiger partial charge in [0.15, 0.2) is 5.65 Å². The fraction of sp³-hybridized carbons (Fsp3) is 0.250. The Morgan fingerprint density at radius 1 is 1.14 bits per heavy atom. The van der Waals surface area contributed by atoms with Crippen LogP contribution in [-0.4, -0.2) is 14.8 Å². The van der Waals surface area contributed by atoms with Gasteiger partial charge in [-0.2, -0.15) is 5.10 Å². The molecule has 0 bridgehead atoms. The highest BCUT2D eigenvalue weighted by Gasteiger charge is 2.06. The largest absolute Gasteiger partial charge is 0.309 e. The van der Waals surface area contributed by atoms with E-state index in [1.54, 1.807) is 0 Å². The third-order valence-corrected chi connectivity index (χ3v) is 3.74. The first-order valence-corrected chi connectivity index (χ1v) is 7.24. The zero-order valence-electron chi connectivity index (χ0n) is 12.1. The van der Waals surface area contributed by atoms with Crippen molar-refractivity contribution in [2.75, 3.05) is 0 Å². The Kier molecular flexibility index (Phi) is 3.90. The Morgan fingerprint density at radius 3 is 2.62 bits per heavy atom. The van der Waals surface area contributed by atoms with Crippen molar-refractivity contribution < 1.29 is 0 Å². The number of aromatic nitrogens is 3. The van der Waals surface area contributed by atoms with E-state index in [1.165, 1.54) is 5.56 Å². The molecule has 0 saturated carbocycles. The van der Waals surface area contributed by atoms with Gasteiger partial charge in [0, 0.05) is 36.7 Å². The second kappa shape index (κ2) is 5.84. The molecule has 0 amide bonds. The molecule has 5 heteroatoms. The van der Waals surface area contributed by atoms with Gasteiger partial charge in [-0.3, -0.25) is 4.68 Å². The van der Waals surface area contributed by atoms with Crippen LogP contribution in [0.5, 0.6) is 0 Å². The minimum Gasteiger partial charge on any atom is -0.309 e. The normalized spacial score (nSPS) is 11.2. The number of pyridine rings is 1. The highest BCUT2D eigenvalue weighted by molar-refractivity contribution is 6.30. The van der Waals surface area contributed by atoms with Gasteiger partial charge < -0.3 is 5.32 Å². The highest BCUT2D eigenvalue weighted by Crippen LogP contribution is 2.16. The molecule has 0 aliphatic heterocycles. The van der Waals surface area contributed by atoms with Gasteiger partial charge in [0.05, 0.1) is 5.69 Å². The number of aryl methyl sites for hydroxylation is 2. The average Bonchev–Trinajstić information content (AvgIpc) is 2.76. The van der Waals surface area contributed by atoms with Crippen molar-refractivity contribution in [1.29, 1.82) is 0 Å². The van der Waals surface area contributed by atoms with Gasteiger partial charge in [-0.15, -0.1) is 0 Å². The van der Waals surface area contributed by atoms with Crippen LogP contribution in [0.1, 0.15) is 16.8 Å². The van der Waals surface area contributed by atoms with Crippen LogP contribution in [0, 0.1) is 6.92 Å². The lowest BCUT2D eigenvalue weighted by molar-refractivity contribution is 0.692. The minimum atomic E-state index is 0.764. The molecule has 0 radical (unpaired) electrons. The lowest BCUT2D eigenvalue weighted by atomic mass is 10.2. The van der Waals surface area contributed by atoms with Crippen LogP contribution in [0.15, 0.2) is 36.5 Å². The van der Waals surface area contributed by atoms with Crippen LogP contribution < -0.4 is 5.32 Å². The number of hydrogen-bond acceptors (Lipinski definition) is 3. The minimum absolute atomic E-state index is 0.764. The Morgan fingerprint density at radius 2 is 1.86 bits per heavy atom. The van der Waals surface area contributed by atoms with Crippen molar-refractivity contribution in [2.24, 2.45) is 7.05 Å². The maximum absolute atomic E-state index is 5.88. The topological polar surface area (TPSA) is 42.7 Å². The summed E-state index contributed by atoms with van der Waals surface area (Å²) >= 11 is 5.88. The average molecular weight is 301 g/mol. The Labute approximate surface area is 128 Å². The SMILES string of the molecule is Cc1nn(C)c2ncc(CNCc3ccc(Cl)cc3)cc12. The van der Waals surface area contributed by atoms with E-state index in [-0.39, 0.29) is 0 Å². The lowest BCUT2D eigenvalue weighted by Crippen LogP contribution is -2.12. The number of rotatable bonds is 4. The van der Waals surface area contributed by atoms with E-state index in [4.69, 9.17) is 11.6 Å². The summed E-state index contributed by atoms with van der Waals surface area (Å²) in [4.78, 5) is 4.48. The third kappa shape index (κ3) is 3.06. The number of benzene rings is 1. The zero-order chi connectivity index (χ0) is 14.8. The second-order valence-electron chi connectivity index (χ2n) is 5.15. The number of nitrogens with one attached hydrogen (secondary N) is 1. The number of halogens is 1. The summed E-state index contributed by atoms with van der Waals surface area (Å²) in [7, 11) is 1.92. The standard InChI is InChI=1S/C16H17ClN4/c1-11-15-7-13(10-19-16(15)21(2)20-11)9-18-8-12-3-5-14(17)6-4-12/h3-7,10,18H,8-9H2,1-2H3. The summed E-state index contributed by atoms with van der Waals surface area (Å²) in [6.45, 7) is 3.59. The summed E-state index contributed by atoms with van der Waals surface area (Å²) < 4.78 is 1.82. The molecule has 2 heterocycles. The summed E-state index contributed by atoms with van der Waals surface area (Å²) in [5.41, 5.74) is 4.31. The summed E-state index contributed by atoms with van der Waals surface area (Å²) in [5, 5.41) is 9.69. The van der Waals surface area contributed by atoms with Gasteiger partial charge in [0.2, 0.25) is 0 Å². The van der Waals surface area contributed by atoms with E-state index in [2.05, 4.69) is 21.5 Å². The second-order valence-corrected chi connectivity index (χ2v) is 5.59. The zero-order valence-corrected chi connectivity index (χ0v) is 12.9. The molecule has 0 spiro atoms. The van der Waals surface area contributed by atoms with Crippen molar-refractivity contribution in [3.63, 3.8) is 0 Å². The first kappa shape index (κ1) is 14.0. The molecule has 1 N–H and O–H groups in total. The van der Waals surface area contributed by atoms with Gasteiger partial charge >= 0.3 is 0 Å². The predicted molar refractivity (Wildman–Crippen MR) is 85.2 cm³/mol. The monoisotopic (exact) mass is 300 g/mol. The molecule has 0 atom stereocenters. The molecule has 0 saturated heterocycles. The number of nitrogens with zero attached hydrogens (tertiary/aromatic N) is 3. The van der Waals surface area contributed by atoms with Gasteiger partial charge in [-0.05, 0) is 36.2 Å². The van der Waals surface area contributed by atoms with Crippen molar-refractivity contribution in [2.45, 2.75) is 20.0 Å². The molecule has 0 aliphatic rings. The molecule has 3 aromatic rings. The lowest BCUT2D eigenvalue weighted by Gasteiger charge is -2.05. The molecule has 1 aromatic carbocycles. The first-order chi connectivity index (χ1) is 10.1.